The standard InChI is InChI=1S/C22H25FN4O2.C13H15FN2O.C8H12N2.CH3I/c1-14-10-15(2-4-18(14)24)13-25-21(29)27-8-6-22(7-9-27)12-20(28)17-11-16(23)3-5-19(17)26-22;14-9-1-2-11-10(7-9)12(17)8-13(16-11)3-5-15-6-4-13;1-6-4-7(5-9)2-3-8(6)10;1-2/h2-5,10-11,26H,6-9,12-13,24H2,1H3,(H,25,29);1-2,7,15-16H,3-6,8H2;2-4H,5,9-10H2,1H3;1H3/i;;;1D. The number of urea groups is 1. The summed E-state index contributed by atoms with van der Waals surface area (Å²) in [6, 6.07) is 20.1. The summed E-state index contributed by atoms with van der Waals surface area (Å²) in [5.74, 6) is -0.743. The van der Waals surface area contributed by atoms with Gasteiger partial charge >= 0.3 is 6.03 Å². The van der Waals surface area contributed by atoms with Crippen molar-refractivity contribution in [3.8, 4) is 0 Å². The van der Waals surface area contributed by atoms with Gasteiger partial charge in [-0.1, -0.05) is 46.9 Å². The molecule has 2 saturated heterocycles. The van der Waals surface area contributed by atoms with E-state index in [4.69, 9.17) is 18.6 Å². The van der Waals surface area contributed by atoms with Crippen molar-refractivity contribution < 1.29 is 24.5 Å². The summed E-state index contributed by atoms with van der Waals surface area (Å²) < 4.78 is 32.7. The van der Waals surface area contributed by atoms with Crippen LogP contribution in [0.5, 0.6) is 0 Å². The van der Waals surface area contributed by atoms with Gasteiger partial charge in [-0.05, 0) is 128 Å². The molecule has 4 aromatic carbocycles. The largest absolute Gasteiger partial charge is 0.399 e. The molecule has 0 aromatic heterocycles. The van der Waals surface area contributed by atoms with E-state index in [-0.39, 0.29) is 34.5 Å². The van der Waals surface area contributed by atoms with Gasteiger partial charge in [0.2, 0.25) is 0 Å². The van der Waals surface area contributed by atoms with E-state index in [0.29, 0.717) is 73.6 Å². The topological polar surface area (TPSA) is 181 Å². The molecule has 10 N–H and O–H groups in total. The Kier molecular flexibility index (Phi) is 14.6. The van der Waals surface area contributed by atoms with Crippen LogP contribution in [0, 0.1) is 25.5 Å². The van der Waals surface area contributed by atoms with E-state index >= 15 is 0 Å². The number of halogens is 3. The molecule has 14 heteroatoms. The molecule has 11 nitrogen and oxygen atoms in total. The number of nitrogens with zero attached hydrogens (tertiary/aromatic N) is 1. The zero-order valence-electron chi connectivity index (χ0n) is 34.2. The smallest absolute Gasteiger partial charge is 0.317 e. The van der Waals surface area contributed by atoms with E-state index in [9.17, 15) is 23.2 Å². The quantitative estimate of drug-likeness (QED) is 0.0623. The van der Waals surface area contributed by atoms with Gasteiger partial charge in [0.25, 0.3) is 0 Å². The monoisotopic (exact) mass is 909 g/mol. The number of fused-ring (bicyclic) bond motifs is 2. The Morgan fingerprint density at radius 2 is 1.24 bits per heavy atom. The van der Waals surface area contributed by atoms with Crippen LogP contribution in [0.4, 0.5) is 36.3 Å². The highest BCUT2D eigenvalue weighted by atomic mass is 127. The van der Waals surface area contributed by atoms with Gasteiger partial charge in [0, 0.05) is 85.3 Å². The van der Waals surface area contributed by atoms with E-state index in [1.165, 1.54) is 24.3 Å². The number of amides is 2. The summed E-state index contributed by atoms with van der Waals surface area (Å²) in [5, 5.41) is 13.1. The number of ketones is 2. The van der Waals surface area contributed by atoms with Crippen molar-refractivity contribution in [2.75, 3.05) is 53.2 Å². The average Bonchev–Trinajstić information content (AvgIpc) is 3.21. The molecule has 4 aliphatic rings. The summed E-state index contributed by atoms with van der Waals surface area (Å²) in [6.07, 6.45) is 4.02. The van der Waals surface area contributed by atoms with Crippen LogP contribution in [0.3, 0.4) is 0 Å². The molecule has 0 radical (unpaired) electrons. The predicted octanol–water partition coefficient (Wildman–Crippen LogP) is 7.49. The van der Waals surface area contributed by atoms with Gasteiger partial charge in [0.1, 0.15) is 11.6 Å². The molecule has 0 bridgehead atoms. The van der Waals surface area contributed by atoms with Crippen molar-refractivity contribution in [2.45, 2.75) is 76.5 Å². The Morgan fingerprint density at radius 3 is 1.72 bits per heavy atom. The highest BCUT2D eigenvalue weighted by molar-refractivity contribution is 14.1. The second-order valence-corrected chi connectivity index (χ2v) is 15.4. The summed E-state index contributed by atoms with van der Waals surface area (Å²) in [5.41, 5.74) is 24.5. The summed E-state index contributed by atoms with van der Waals surface area (Å²) in [4.78, 5) is 39.4. The molecule has 58 heavy (non-hydrogen) atoms. The van der Waals surface area contributed by atoms with Gasteiger partial charge in [-0.2, -0.15) is 0 Å². The molecular weight excluding hydrogens is 853 g/mol. The lowest BCUT2D eigenvalue weighted by atomic mass is 9.78. The minimum Gasteiger partial charge on any atom is -0.399 e. The van der Waals surface area contributed by atoms with Crippen LogP contribution in [0.1, 0.15) is 82.9 Å². The Bertz CT molecular complexity index is 2130. The zero-order valence-corrected chi connectivity index (χ0v) is 35.3. The highest BCUT2D eigenvalue weighted by Crippen LogP contribution is 2.38. The Hall–Kier alpha value is -4.80. The normalized spacial score (nSPS) is 17.3. The number of piperidine rings is 2. The second-order valence-electron chi connectivity index (χ2n) is 15.4. The Morgan fingerprint density at radius 1 is 0.776 bits per heavy atom. The fourth-order valence-corrected chi connectivity index (χ4v) is 7.83. The first-order chi connectivity index (χ1) is 28.2. The van der Waals surface area contributed by atoms with E-state index in [1.807, 2.05) is 72.8 Å². The van der Waals surface area contributed by atoms with Gasteiger partial charge < -0.3 is 43.4 Å². The third kappa shape index (κ3) is 11.0. The van der Waals surface area contributed by atoms with Crippen LogP contribution in [0.15, 0.2) is 72.8 Å². The average molecular weight is 910 g/mol. The van der Waals surface area contributed by atoms with Crippen LogP contribution in [0.2, 0.25) is 0 Å². The second kappa shape index (κ2) is 19.8. The number of likely N-dealkylation sites (tertiary alicyclic amines) is 1. The van der Waals surface area contributed by atoms with Crippen LogP contribution < -0.4 is 38.5 Å². The van der Waals surface area contributed by atoms with E-state index in [0.717, 1.165) is 65.2 Å². The molecule has 4 aliphatic heterocycles. The molecule has 4 aromatic rings. The number of aryl methyl sites for hydroxylation is 2. The minimum absolute atomic E-state index is 0.0464. The maximum absolute atomic E-state index is 13.4. The summed E-state index contributed by atoms with van der Waals surface area (Å²) in [6.45, 7) is 7.92. The molecule has 0 atom stereocenters. The predicted molar refractivity (Wildman–Crippen MR) is 238 cm³/mol. The van der Waals surface area contributed by atoms with Crippen molar-refractivity contribution in [1.82, 2.24) is 15.5 Å². The number of rotatable bonds is 3. The first kappa shape index (κ1) is 42.8. The molecular formula is C44H55F2IN8O3. The maximum Gasteiger partial charge on any atom is 0.317 e. The lowest BCUT2D eigenvalue weighted by molar-refractivity contribution is 0.0911. The highest BCUT2D eigenvalue weighted by Gasteiger charge is 2.42. The number of nitrogen functional groups attached to an aromatic ring is 2. The van der Waals surface area contributed by atoms with Crippen molar-refractivity contribution in [3.63, 3.8) is 0 Å². The van der Waals surface area contributed by atoms with Crippen molar-refractivity contribution in [2.24, 2.45) is 5.73 Å². The third-order valence-corrected chi connectivity index (χ3v) is 11.3. The van der Waals surface area contributed by atoms with Crippen LogP contribution in [-0.4, -0.2) is 64.7 Å². The van der Waals surface area contributed by atoms with E-state index in [1.54, 1.807) is 17.0 Å². The first-order valence-electron chi connectivity index (χ1n) is 20.1. The SMILES string of the molecule is Cc1cc(CN)ccc1N.Cc1cc(CNC(=O)N2CCC3(CC2)CC(=O)c2cc(F)ccc2N3)ccc1N.O=C1CC2(CCNCC2)Nc2ccc(F)cc21.[2H]CI. The molecule has 2 fully saturated rings. The zero-order chi connectivity index (χ0) is 42.7. The maximum atomic E-state index is 13.4. The number of benzene rings is 4. The number of nitrogens with one attached hydrogen (secondary N) is 4. The van der Waals surface area contributed by atoms with Crippen molar-refractivity contribution in [3.05, 3.63) is 118 Å². The van der Waals surface area contributed by atoms with Crippen LogP contribution >= 0.6 is 22.6 Å². The van der Waals surface area contributed by atoms with Gasteiger partial charge in [0.15, 0.2) is 11.6 Å². The molecule has 2 spiro atoms. The first-order valence-corrected chi connectivity index (χ1v) is 20.9. The lowest BCUT2D eigenvalue weighted by Crippen LogP contribution is -2.55. The Balaban J connectivity index is 0.000000185. The summed E-state index contributed by atoms with van der Waals surface area (Å²) >= 11 is 1.96. The molecule has 0 unspecified atom stereocenters. The fraction of sp³-hybridized carbons (Fsp3) is 0.386. The number of hydrogen-bond donors (Lipinski definition) is 7. The van der Waals surface area contributed by atoms with Crippen molar-refractivity contribution in [1.29, 1.82) is 0 Å². The van der Waals surface area contributed by atoms with Gasteiger partial charge in [-0.3, -0.25) is 9.59 Å². The number of hydrogen-bond acceptors (Lipinski definition) is 9. The van der Waals surface area contributed by atoms with Crippen molar-refractivity contribution >= 4 is 62.9 Å². The van der Waals surface area contributed by atoms with Gasteiger partial charge in [0.05, 0.1) is 0 Å². The minimum atomic E-state index is -0.405. The number of anilines is 4. The molecule has 0 aliphatic carbocycles. The number of Topliss-reactive ketones (excluding diaryl/α,β-unsaturated/α-hetero) is 2. The number of alkyl halides is 1. The number of carbonyl (C=O) groups excluding carboxylic acids is 3. The molecule has 2 amide bonds. The molecule has 0 saturated carbocycles. The van der Waals surface area contributed by atoms with Crippen LogP contribution in [0.25, 0.3) is 0 Å². The van der Waals surface area contributed by atoms with Gasteiger partial charge in [-0.15, -0.1) is 0 Å². The van der Waals surface area contributed by atoms with Crippen LogP contribution in [-0.2, 0) is 13.1 Å². The molecule has 310 valence electrons. The third-order valence-electron chi connectivity index (χ3n) is 11.3. The number of nitrogens with two attached hydrogens (primary N) is 3. The fourth-order valence-electron chi connectivity index (χ4n) is 7.83. The molecule has 4 heterocycles. The lowest BCUT2D eigenvalue weighted by Gasteiger charge is -2.45. The van der Waals surface area contributed by atoms with E-state index < -0.39 is 5.82 Å². The molecule has 8 rings (SSSR count). The number of carbonyl (C=O) groups is 3. The Labute approximate surface area is 354 Å². The summed E-state index contributed by atoms with van der Waals surface area (Å²) in [7, 11) is 0. The van der Waals surface area contributed by atoms with Gasteiger partial charge in [-0.25, -0.2) is 13.6 Å². The van der Waals surface area contributed by atoms with E-state index in [2.05, 4.69) is 21.3 Å².